The minimum absolute atomic E-state index is 0.0295. The van der Waals surface area contributed by atoms with Crippen LogP contribution in [0.3, 0.4) is 0 Å². The van der Waals surface area contributed by atoms with Gasteiger partial charge in [0.2, 0.25) is 0 Å². The number of carbonyl (C=O) groups excluding carboxylic acids is 1. The summed E-state index contributed by atoms with van der Waals surface area (Å²) in [5, 5.41) is 0. The lowest BCUT2D eigenvalue weighted by Crippen LogP contribution is -2.42. The van der Waals surface area contributed by atoms with E-state index >= 15 is 0 Å². The van der Waals surface area contributed by atoms with E-state index < -0.39 is 5.60 Å². The van der Waals surface area contributed by atoms with Gasteiger partial charge in [-0.05, 0) is 59.3 Å². The molecule has 0 spiro atoms. The minimum Gasteiger partial charge on any atom is -0.361 e. The molecule has 3 rings (SSSR count). The Bertz CT molecular complexity index is 380. The van der Waals surface area contributed by atoms with E-state index in [1.807, 2.05) is 13.8 Å². The Morgan fingerprint density at radius 2 is 1.74 bits per heavy atom. The maximum atomic E-state index is 12.6. The highest BCUT2D eigenvalue weighted by atomic mass is 16.5. The molecule has 108 valence electrons. The highest BCUT2D eigenvalue weighted by Gasteiger charge is 2.54. The highest BCUT2D eigenvalue weighted by molar-refractivity contribution is 5.91. The zero-order valence-corrected chi connectivity index (χ0v) is 12.7. The molecule has 3 heteroatoms. The summed E-state index contributed by atoms with van der Waals surface area (Å²) in [5.74, 6) is 1.22. The topological polar surface area (TPSA) is 29.5 Å². The van der Waals surface area contributed by atoms with Crippen molar-refractivity contribution < 1.29 is 9.53 Å². The molecule has 3 fully saturated rings. The Labute approximate surface area is 116 Å². The molecule has 0 bridgehead atoms. The van der Waals surface area contributed by atoms with E-state index in [1.165, 1.54) is 32.2 Å². The molecule has 2 saturated carbocycles. The van der Waals surface area contributed by atoms with Gasteiger partial charge in [-0.1, -0.05) is 0 Å². The third kappa shape index (κ3) is 2.73. The molecule has 0 N–H and O–H groups in total. The molecule has 0 aromatic rings. The summed E-state index contributed by atoms with van der Waals surface area (Å²) in [6.45, 7) is 10.1. The van der Waals surface area contributed by atoms with Crippen molar-refractivity contribution in [1.82, 2.24) is 4.90 Å². The second-order valence-corrected chi connectivity index (χ2v) is 7.76. The second kappa shape index (κ2) is 4.29. The third-order valence-corrected chi connectivity index (χ3v) is 4.94. The summed E-state index contributed by atoms with van der Waals surface area (Å²) in [7, 11) is 0. The van der Waals surface area contributed by atoms with Crippen LogP contribution in [0, 0.1) is 11.8 Å². The van der Waals surface area contributed by atoms with E-state index in [1.54, 1.807) is 0 Å². The number of ether oxygens (including phenoxy) is 1. The van der Waals surface area contributed by atoms with Crippen molar-refractivity contribution in [2.75, 3.05) is 13.1 Å². The largest absolute Gasteiger partial charge is 0.361 e. The molecule has 0 radical (unpaired) electrons. The van der Waals surface area contributed by atoms with Gasteiger partial charge in [-0.25, -0.2) is 0 Å². The van der Waals surface area contributed by atoms with Gasteiger partial charge >= 0.3 is 0 Å². The fourth-order valence-electron chi connectivity index (χ4n) is 3.50. The Balaban J connectivity index is 1.70. The molecule has 0 aromatic carbocycles. The molecule has 19 heavy (non-hydrogen) atoms. The average Bonchev–Trinajstić information content (AvgIpc) is 3.11. The lowest BCUT2D eigenvalue weighted by atomic mass is 9.85. The van der Waals surface area contributed by atoms with Gasteiger partial charge in [-0.15, -0.1) is 0 Å². The van der Waals surface area contributed by atoms with Crippen LogP contribution in [0.15, 0.2) is 0 Å². The predicted molar refractivity (Wildman–Crippen MR) is 75.1 cm³/mol. The number of Topliss-reactive ketones (excluding diaryl/α,β-unsaturated/α-hetero) is 1. The highest BCUT2D eigenvalue weighted by Crippen LogP contribution is 2.42. The first-order valence-electron chi connectivity index (χ1n) is 7.78. The first-order chi connectivity index (χ1) is 8.79. The fraction of sp³-hybridized carbons (Fsp3) is 0.938. The zero-order valence-electron chi connectivity index (χ0n) is 12.7. The number of carbonyl (C=O) groups is 1. The van der Waals surface area contributed by atoms with Crippen LogP contribution in [-0.4, -0.2) is 41.0 Å². The van der Waals surface area contributed by atoms with Gasteiger partial charge in [-0.3, -0.25) is 9.69 Å². The Morgan fingerprint density at radius 3 is 2.16 bits per heavy atom. The molecule has 0 amide bonds. The standard InChI is InChI=1S/C16H27NO2/c1-15(2)13(14(18)16(3,4)19-15)10-17(12-7-8-12)9-11-5-6-11/h11-13H,5-10H2,1-4H3. The smallest absolute Gasteiger partial charge is 0.171 e. The number of nitrogens with zero attached hydrogens (tertiary/aromatic N) is 1. The zero-order chi connectivity index (χ0) is 13.8. The molecular weight excluding hydrogens is 238 g/mol. The summed E-state index contributed by atoms with van der Waals surface area (Å²) >= 11 is 0. The molecule has 3 aliphatic rings. The summed E-state index contributed by atoms with van der Waals surface area (Å²) in [6, 6.07) is 0.743. The van der Waals surface area contributed by atoms with E-state index in [2.05, 4.69) is 18.7 Å². The minimum atomic E-state index is -0.608. The number of ketones is 1. The average molecular weight is 265 g/mol. The molecule has 2 aliphatic carbocycles. The summed E-state index contributed by atoms with van der Waals surface area (Å²) in [6.07, 6.45) is 5.40. The van der Waals surface area contributed by atoms with E-state index in [-0.39, 0.29) is 11.5 Å². The van der Waals surface area contributed by atoms with Crippen LogP contribution in [0.1, 0.15) is 53.4 Å². The monoisotopic (exact) mass is 265 g/mol. The first-order valence-corrected chi connectivity index (χ1v) is 7.78. The molecule has 1 unspecified atom stereocenters. The van der Waals surface area contributed by atoms with Gasteiger partial charge in [0, 0.05) is 19.1 Å². The second-order valence-electron chi connectivity index (χ2n) is 7.76. The van der Waals surface area contributed by atoms with Crippen LogP contribution < -0.4 is 0 Å². The maximum Gasteiger partial charge on any atom is 0.171 e. The van der Waals surface area contributed by atoms with Crippen LogP contribution in [0.5, 0.6) is 0 Å². The van der Waals surface area contributed by atoms with Crippen molar-refractivity contribution in [3.8, 4) is 0 Å². The van der Waals surface area contributed by atoms with E-state index in [9.17, 15) is 4.79 Å². The van der Waals surface area contributed by atoms with E-state index in [4.69, 9.17) is 4.74 Å². The molecule has 1 atom stereocenters. The number of hydrogen-bond donors (Lipinski definition) is 0. The normalized spacial score (nSPS) is 33.1. The Morgan fingerprint density at radius 1 is 1.11 bits per heavy atom. The molecule has 1 aliphatic heterocycles. The van der Waals surface area contributed by atoms with Gasteiger partial charge in [0.25, 0.3) is 0 Å². The summed E-state index contributed by atoms with van der Waals surface area (Å²) in [5.41, 5.74) is -0.930. The van der Waals surface area contributed by atoms with Crippen LogP contribution >= 0.6 is 0 Å². The van der Waals surface area contributed by atoms with Crippen LogP contribution in [0.2, 0.25) is 0 Å². The molecule has 3 nitrogen and oxygen atoms in total. The van der Waals surface area contributed by atoms with Gasteiger partial charge in [-0.2, -0.15) is 0 Å². The van der Waals surface area contributed by atoms with E-state index in [0.29, 0.717) is 5.78 Å². The van der Waals surface area contributed by atoms with Crippen molar-refractivity contribution >= 4 is 5.78 Å². The maximum absolute atomic E-state index is 12.6. The van der Waals surface area contributed by atoms with Crippen LogP contribution in [-0.2, 0) is 9.53 Å². The van der Waals surface area contributed by atoms with Gasteiger partial charge in [0.05, 0.1) is 11.5 Å². The molecule has 1 heterocycles. The fourth-order valence-corrected chi connectivity index (χ4v) is 3.50. The van der Waals surface area contributed by atoms with Crippen molar-refractivity contribution in [2.24, 2.45) is 11.8 Å². The van der Waals surface area contributed by atoms with Crippen molar-refractivity contribution in [2.45, 2.75) is 70.6 Å². The number of hydrogen-bond acceptors (Lipinski definition) is 3. The Hall–Kier alpha value is -0.410. The SMILES string of the molecule is CC1(C)OC(C)(C)C(CN(CC2CC2)C2CC2)C1=O. The summed E-state index contributed by atoms with van der Waals surface area (Å²) < 4.78 is 6.01. The third-order valence-electron chi connectivity index (χ3n) is 4.94. The Kier molecular flexibility index (Phi) is 3.06. The van der Waals surface area contributed by atoms with Crippen molar-refractivity contribution in [3.05, 3.63) is 0 Å². The lowest BCUT2D eigenvalue weighted by Gasteiger charge is -2.31. The molecule has 1 saturated heterocycles. The van der Waals surface area contributed by atoms with Crippen molar-refractivity contribution in [1.29, 1.82) is 0 Å². The van der Waals surface area contributed by atoms with Crippen LogP contribution in [0.25, 0.3) is 0 Å². The van der Waals surface area contributed by atoms with E-state index in [0.717, 1.165) is 18.5 Å². The van der Waals surface area contributed by atoms with Crippen LogP contribution in [0.4, 0.5) is 0 Å². The number of rotatable bonds is 5. The van der Waals surface area contributed by atoms with Gasteiger partial charge < -0.3 is 4.74 Å². The van der Waals surface area contributed by atoms with Gasteiger partial charge in [0.1, 0.15) is 5.60 Å². The predicted octanol–water partition coefficient (Wildman–Crippen LogP) is 2.63. The molecule has 0 aromatic heterocycles. The van der Waals surface area contributed by atoms with Gasteiger partial charge in [0.15, 0.2) is 5.78 Å². The first kappa shape index (κ1) is 13.6. The summed E-state index contributed by atoms with van der Waals surface area (Å²) in [4.78, 5) is 15.1. The lowest BCUT2D eigenvalue weighted by molar-refractivity contribution is -0.132. The quantitative estimate of drug-likeness (QED) is 0.765. The molecular formula is C16H27NO2. The van der Waals surface area contributed by atoms with Crippen molar-refractivity contribution in [3.63, 3.8) is 0 Å².